The van der Waals surface area contributed by atoms with Crippen molar-refractivity contribution in [3.05, 3.63) is 29.3 Å². The number of nitrogens with zero attached hydrogens (tertiary/aromatic N) is 1. The minimum Gasteiger partial charge on any atom is -0.481 e. The van der Waals surface area contributed by atoms with Crippen LogP contribution in [0.5, 0.6) is 5.75 Å². The highest BCUT2D eigenvalue weighted by Crippen LogP contribution is 2.18. The molecule has 3 nitrogen and oxygen atoms in total. The Bertz CT molecular complexity index is 374. The lowest BCUT2D eigenvalue weighted by atomic mass is 10.2. The van der Waals surface area contributed by atoms with Crippen LogP contribution in [0, 0.1) is 0 Å². The zero-order chi connectivity index (χ0) is 13.5. The van der Waals surface area contributed by atoms with Crippen molar-refractivity contribution in [2.24, 2.45) is 0 Å². The monoisotopic (exact) mass is 269 g/mol. The molecule has 0 N–H and O–H groups in total. The van der Waals surface area contributed by atoms with E-state index in [0.717, 1.165) is 0 Å². The maximum absolute atomic E-state index is 12.2. The van der Waals surface area contributed by atoms with Crippen LogP contribution in [0.1, 0.15) is 27.2 Å². The number of halogens is 1. The Morgan fingerprint density at radius 2 is 1.78 bits per heavy atom. The van der Waals surface area contributed by atoms with Gasteiger partial charge < -0.3 is 9.64 Å². The highest BCUT2D eigenvalue weighted by atomic mass is 35.5. The van der Waals surface area contributed by atoms with Gasteiger partial charge in [0.1, 0.15) is 5.75 Å². The number of carbonyl (C=O) groups is 1. The summed E-state index contributed by atoms with van der Waals surface area (Å²) in [5.74, 6) is 0.712. The second kappa shape index (κ2) is 7.27. The van der Waals surface area contributed by atoms with Gasteiger partial charge in [-0.15, -0.1) is 0 Å². The molecular weight excluding hydrogens is 250 g/mol. The number of ether oxygens (including phenoxy) is 1. The Morgan fingerprint density at radius 3 is 2.22 bits per heavy atom. The average Bonchev–Trinajstić information content (AvgIpc) is 2.39. The van der Waals surface area contributed by atoms with Crippen molar-refractivity contribution in [2.75, 3.05) is 13.1 Å². The molecule has 1 aromatic rings. The minimum absolute atomic E-state index is 0.0393. The van der Waals surface area contributed by atoms with Crippen LogP contribution in [0.15, 0.2) is 24.3 Å². The molecule has 0 radical (unpaired) electrons. The molecule has 1 amide bonds. The highest BCUT2D eigenvalue weighted by molar-refractivity contribution is 6.30. The number of hydrogen-bond donors (Lipinski definition) is 0. The van der Waals surface area contributed by atoms with E-state index in [1.165, 1.54) is 0 Å². The van der Waals surface area contributed by atoms with Crippen molar-refractivity contribution >= 4 is 17.5 Å². The van der Waals surface area contributed by atoms with Gasteiger partial charge in [-0.1, -0.05) is 18.5 Å². The van der Waals surface area contributed by atoms with Gasteiger partial charge in [-0.3, -0.25) is 4.79 Å². The molecular formula is C14H20ClNO2. The van der Waals surface area contributed by atoms with Gasteiger partial charge in [-0.25, -0.2) is 0 Å². The first-order chi connectivity index (χ1) is 8.62. The fourth-order valence-corrected chi connectivity index (χ4v) is 1.85. The van der Waals surface area contributed by atoms with Crippen LogP contribution in [0.2, 0.25) is 5.02 Å². The Morgan fingerprint density at radius 1 is 1.22 bits per heavy atom. The molecule has 0 saturated heterocycles. The van der Waals surface area contributed by atoms with Crippen molar-refractivity contribution < 1.29 is 9.53 Å². The summed E-state index contributed by atoms with van der Waals surface area (Å²) in [6.07, 6.45) is 0.226. The third-order valence-electron chi connectivity index (χ3n) is 2.81. The third kappa shape index (κ3) is 3.91. The number of benzene rings is 1. The van der Waals surface area contributed by atoms with E-state index in [1.807, 2.05) is 20.8 Å². The summed E-state index contributed by atoms with van der Waals surface area (Å²) in [5, 5.41) is 0.658. The van der Waals surface area contributed by atoms with E-state index < -0.39 is 6.10 Å². The maximum atomic E-state index is 12.2. The van der Waals surface area contributed by atoms with Crippen molar-refractivity contribution in [2.45, 2.75) is 33.3 Å². The molecule has 0 bridgehead atoms. The molecule has 0 spiro atoms. The molecule has 100 valence electrons. The molecule has 0 aliphatic rings. The molecule has 0 saturated carbocycles. The zero-order valence-electron chi connectivity index (χ0n) is 11.1. The topological polar surface area (TPSA) is 29.5 Å². The lowest BCUT2D eigenvalue weighted by Crippen LogP contribution is -2.41. The summed E-state index contributed by atoms with van der Waals surface area (Å²) >= 11 is 5.81. The molecule has 0 aliphatic heterocycles. The molecule has 0 heterocycles. The van der Waals surface area contributed by atoms with Gasteiger partial charge in [-0.2, -0.15) is 0 Å². The minimum atomic E-state index is -0.425. The van der Waals surface area contributed by atoms with Gasteiger partial charge in [0.25, 0.3) is 5.91 Å². The maximum Gasteiger partial charge on any atom is 0.263 e. The van der Waals surface area contributed by atoms with Crippen LogP contribution in [-0.2, 0) is 4.79 Å². The lowest BCUT2D eigenvalue weighted by molar-refractivity contribution is -0.138. The van der Waals surface area contributed by atoms with Crippen LogP contribution in [-0.4, -0.2) is 30.0 Å². The largest absolute Gasteiger partial charge is 0.481 e. The molecule has 0 aromatic heterocycles. The zero-order valence-corrected chi connectivity index (χ0v) is 11.9. The summed E-state index contributed by atoms with van der Waals surface area (Å²) in [6, 6.07) is 7.07. The van der Waals surface area contributed by atoms with Gasteiger partial charge in [0.2, 0.25) is 0 Å². The fourth-order valence-electron chi connectivity index (χ4n) is 1.72. The quantitative estimate of drug-likeness (QED) is 0.792. The first kappa shape index (κ1) is 14.8. The van der Waals surface area contributed by atoms with E-state index in [4.69, 9.17) is 16.3 Å². The van der Waals surface area contributed by atoms with Crippen LogP contribution in [0.25, 0.3) is 0 Å². The Labute approximate surface area is 114 Å². The van der Waals surface area contributed by atoms with E-state index >= 15 is 0 Å². The predicted molar refractivity (Wildman–Crippen MR) is 74.1 cm³/mol. The van der Waals surface area contributed by atoms with E-state index in [0.29, 0.717) is 30.3 Å². The average molecular weight is 270 g/mol. The van der Waals surface area contributed by atoms with Crippen LogP contribution in [0.3, 0.4) is 0 Å². The molecule has 1 aromatic carbocycles. The van der Waals surface area contributed by atoms with Gasteiger partial charge in [0.05, 0.1) is 0 Å². The van der Waals surface area contributed by atoms with E-state index in [2.05, 4.69) is 0 Å². The SMILES string of the molecule is CC[C@@H](Oc1ccc(Cl)cc1)C(=O)N(CC)CC. The summed E-state index contributed by atoms with van der Waals surface area (Å²) in [6.45, 7) is 7.29. The van der Waals surface area contributed by atoms with Crippen molar-refractivity contribution in [1.82, 2.24) is 4.90 Å². The van der Waals surface area contributed by atoms with Crippen molar-refractivity contribution in [1.29, 1.82) is 0 Å². The number of rotatable bonds is 6. The molecule has 0 unspecified atom stereocenters. The van der Waals surface area contributed by atoms with Gasteiger partial charge in [0, 0.05) is 18.1 Å². The number of carbonyl (C=O) groups excluding carboxylic acids is 1. The summed E-state index contributed by atoms with van der Waals surface area (Å²) in [7, 11) is 0. The van der Waals surface area contributed by atoms with Crippen molar-refractivity contribution in [3.63, 3.8) is 0 Å². The van der Waals surface area contributed by atoms with Crippen LogP contribution in [0.4, 0.5) is 0 Å². The number of amides is 1. The Kier molecular flexibility index (Phi) is 5.99. The molecule has 0 fully saturated rings. The second-order valence-electron chi connectivity index (χ2n) is 3.98. The predicted octanol–water partition coefficient (Wildman–Crippen LogP) is 3.37. The highest BCUT2D eigenvalue weighted by Gasteiger charge is 2.22. The first-order valence-electron chi connectivity index (χ1n) is 6.33. The fraction of sp³-hybridized carbons (Fsp3) is 0.500. The molecule has 1 rings (SSSR count). The summed E-state index contributed by atoms with van der Waals surface area (Å²) < 4.78 is 5.72. The van der Waals surface area contributed by atoms with E-state index in [1.54, 1.807) is 29.2 Å². The Hall–Kier alpha value is -1.22. The third-order valence-corrected chi connectivity index (χ3v) is 3.07. The summed E-state index contributed by atoms with van der Waals surface area (Å²) in [5.41, 5.74) is 0. The standard InChI is InChI=1S/C14H20ClNO2/c1-4-13(14(17)16(5-2)6-3)18-12-9-7-11(15)8-10-12/h7-10,13H,4-6H2,1-3H3/t13-/m1/s1. The number of likely N-dealkylation sites (N-methyl/N-ethyl adjacent to an activating group) is 1. The van der Waals surface area contributed by atoms with Gasteiger partial charge in [0.15, 0.2) is 6.10 Å². The normalized spacial score (nSPS) is 12.0. The lowest BCUT2D eigenvalue weighted by Gasteiger charge is -2.25. The molecule has 4 heteroatoms. The number of hydrogen-bond acceptors (Lipinski definition) is 2. The molecule has 18 heavy (non-hydrogen) atoms. The summed E-state index contributed by atoms with van der Waals surface area (Å²) in [4.78, 5) is 14.0. The van der Waals surface area contributed by atoms with E-state index in [-0.39, 0.29) is 5.91 Å². The van der Waals surface area contributed by atoms with Gasteiger partial charge in [-0.05, 0) is 44.5 Å². The van der Waals surface area contributed by atoms with Gasteiger partial charge >= 0.3 is 0 Å². The second-order valence-corrected chi connectivity index (χ2v) is 4.42. The Balaban J connectivity index is 2.72. The first-order valence-corrected chi connectivity index (χ1v) is 6.71. The molecule has 1 atom stereocenters. The van der Waals surface area contributed by atoms with Crippen molar-refractivity contribution in [3.8, 4) is 5.75 Å². The molecule has 0 aliphatic carbocycles. The smallest absolute Gasteiger partial charge is 0.263 e. The van der Waals surface area contributed by atoms with Crippen LogP contribution >= 0.6 is 11.6 Å². The van der Waals surface area contributed by atoms with E-state index in [9.17, 15) is 4.79 Å². The van der Waals surface area contributed by atoms with Crippen LogP contribution < -0.4 is 4.74 Å².